The molecule has 0 spiro atoms. The van der Waals surface area contributed by atoms with Gasteiger partial charge in [-0.25, -0.2) is 4.39 Å². The Labute approximate surface area is 105 Å². The van der Waals surface area contributed by atoms with E-state index in [0.29, 0.717) is 23.5 Å². The Morgan fingerprint density at radius 2 is 1.94 bits per heavy atom. The second-order valence-electron chi connectivity index (χ2n) is 3.69. The van der Waals surface area contributed by atoms with E-state index in [2.05, 4.69) is 5.32 Å². The number of halogens is 1. The van der Waals surface area contributed by atoms with Gasteiger partial charge in [-0.3, -0.25) is 4.79 Å². The minimum absolute atomic E-state index is 0.194. The second kappa shape index (κ2) is 6.96. The van der Waals surface area contributed by atoms with Gasteiger partial charge in [-0.05, 0) is 43.5 Å². The van der Waals surface area contributed by atoms with Crippen molar-refractivity contribution in [3.63, 3.8) is 0 Å². The van der Waals surface area contributed by atoms with Crippen molar-refractivity contribution in [3.8, 4) is 0 Å². The highest BCUT2D eigenvalue weighted by molar-refractivity contribution is 7.80. The van der Waals surface area contributed by atoms with Gasteiger partial charge in [0.15, 0.2) is 0 Å². The monoisotopic (exact) mass is 254 g/mol. The molecule has 1 amide bonds. The maximum absolute atomic E-state index is 12.6. The van der Waals surface area contributed by atoms with E-state index in [4.69, 9.17) is 18.0 Å². The summed E-state index contributed by atoms with van der Waals surface area (Å²) in [4.78, 5) is 12.1. The maximum Gasteiger partial charge on any atom is 0.251 e. The molecule has 3 nitrogen and oxygen atoms in total. The number of unbranched alkanes of at least 4 members (excludes halogenated alkanes) is 1. The van der Waals surface area contributed by atoms with Gasteiger partial charge in [0.2, 0.25) is 0 Å². The lowest BCUT2D eigenvalue weighted by atomic mass is 10.2. The van der Waals surface area contributed by atoms with Gasteiger partial charge >= 0.3 is 0 Å². The van der Waals surface area contributed by atoms with E-state index in [-0.39, 0.29) is 11.7 Å². The summed E-state index contributed by atoms with van der Waals surface area (Å²) in [6.07, 6.45) is 2.38. The van der Waals surface area contributed by atoms with Crippen LogP contribution in [0.25, 0.3) is 0 Å². The Hall–Kier alpha value is -1.49. The zero-order valence-electron chi connectivity index (χ0n) is 9.41. The van der Waals surface area contributed by atoms with Crippen molar-refractivity contribution >= 4 is 23.1 Å². The molecule has 1 aromatic carbocycles. The van der Waals surface area contributed by atoms with Gasteiger partial charge in [0.25, 0.3) is 5.91 Å². The normalized spacial score (nSPS) is 9.94. The van der Waals surface area contributed by atoms with Crippen LogP contribution < -0.4 is 11.1 Å². The van der Waals surface area contributed by atoms with Crippen molar-refractivity contribution in [2.45, 2.75) is 19.3 Å². The standard InChI is InChI=1S/C12H15FN2OS/c13-10-6-4-9(5-7-10)12(16)15-8-2-1-3-11(14)17/h4-7H,1-3,8H2,(H2,14,17)(H,15,16). The first kappa shape index (κ1) is 13.6. The maximum atomic E-state index is 12.6. The van der Waals surface area contributed by atoms with E-state index in [9.17, 15) is 9.18 Å². The summed E-state index contributed by atoms with van der Waals surface area (Å²) in [5.74, 6) is -0.543. The Kier molecular flexibility index (Phi) is 5.56. The molecular formula is C12H15FN2OS. The van der Waals surface area contributed by atoms with Crippen molar-refractivity contribution in [1.82, 2.24) is 5.32 Å². The number of rotatable bonds is 6. The molecule has 5 heteroatoms. The van der Waals surface area contributed by atoms with E-state index in [0.717, 1.165) is 12.8 Å². The van der Waals surface area contributed by atoms with Gasteiger partial charge in [-0.1, -0.05) is 12.2 Å². The summed E-state index contributed by atoms with van der Waals surface area (Å²) in [7, 11) is 0. The quantitative estimate of drug-likeness (QED) is 0.603. The molecule has 3 N–H and O–H groups in total. The predicted octanol–water partition coefficient (Wildman–Crippen LogP) is 2.01. The van der Waals surface area contributed by atoms with Crippen molar-refractivity contribution < 1.29 is 9.18 Å². The number of nitrogens with one attached hydrogen (secondary N) is 1. The van der Waals surface area contributed by atoms with Gasteiger partial charge in [-0.2, -0.15) is 0 Å². The Morgan fingerprint density at radius 3 is 2.53 bits per heavy atom. The molecule has 1 rings (SSSR count). The number of carbonyl (C=O) groups is 1. The van der Waals surface area contributed by atoms with Crippen LogP contribution in [0.2, 0.25) is 0 Å². The van der Waals surface area contributed by atoms with E-state index in [1.54, 1.807) is 0 Å². The summed E-state index contributed by atoms with van der Waals surface area (Å²) >= 11 is 4.74. The molecule has 0 aliphatic heterocycles. The number of hydrogen-bond acceptors (Lipinski definition) is 2. The summed E-state index contributed by atoms with van der Waals surface area (Å²) < 4.78 is 12.6. The molecule has 0 bridgehead atoms. The van der Waals surface area contributed by atoms with Crippen LogP contribution in [0.4, 0.5) is 4.39 Å². The average Bonchev–Trinajstić information content (AvgIpc) is 2.29. The lowest BCUT2D eigenvalue weighted by Crippen LogP contribution is -2.24. The molecule has 0 saturated carbocycles. The molecule has 0 fully saturated rings. The first-order valence-corrected chi connectivity index (χ1v) is 5.82. The lowest BCUT2D eigenvalue weighted by Gasteiger charge is -2.04. The van der Waals surface area contributed by atoms with E-state index in [1.165, 1.54) is 24.3 Å². The minimum atomic E-state index is -0.349. The smallest absolute Gasteiger partial charge is 0.251 e. The van der Waals surface area contributed by atoms with E-state index >= 15 is 0 Å². The van der Waals surface area contributed by atoms with Crippen molar-refractivity contribution in [2.24, 2.45) is 5.73 Å². The first-order chi connectivity index (χ1) is 8.09. The third kappa shape index (κ3) is 5.40. The zero-order chi connectivity index (χ0) is 12.7. The number of hydrogen-bond donors (Lipinski definition) is 2. The summed E-state index contributed by atoms with van der Waals surface area (Å²) in [5.41, 5.74) is 5.81. The average molecular weight is 254 g/mol. The van der Waals surface area contributed by atoms with Gasteiger partial charge in [0.05, 0.1) is 4.99 Å². The molecule has 0 aliphatic rings. The van der Waals surface area contributed by atoms with E-state index < -0.39 is 0 Å². The molecular weight excluding hydrogens is 239 g/mol. The fourth-order valence-electron chi connectivity index (χ4n) is 1.33. The SMILES string of the molecule is NC(=S)CCCCNC(=O)c1ccc(F)cc1. The van der Waals surface area contributed by atoms with E-state index in [1.807, 2.05) is 0 Å². The zero-order valence-corrected chi connectivity index (χ0v) is 10.2. The van der Waals surface area contributed by atoms with Gasteiger partial charge < -0.3 is 11.1 Å². The molecule has 0 aliphatic carbocycles. The molecule has 0 heterocycles. The molecule has 0 saturated heterocycles. The molecule has 17 heavy (non-hydrogen) atoms. The number of thiocarbonyl (C=S) groups is 1. The Bertz CT molecular complexity index is 392. The summed E-state index contributed by atoms with van der Waals surface area (Å²) in [6.45, 7) is 0.568. The summed E-state index contributed by atoms with van der Waals surface area (Å²) in [5, 5.41) is 2.75. The van der Waals surface area contributed by atoms with Crippen LogP contribution in [0, 0.1) is 5.82 Å². The molecule has 0 unspecified atom stereocenters. The number of amides is 1. The third-order valence-electron chi connectivity index (χ3n) is 2.24. The molecule has 1 aromatic rings. The van der Waals surface area contributed by atoms with Crippen LogP contribution in [0.1, 0.15) is 29.6 Å². The lowest BCUT2D eigenvalue weighted by molar-refractivity contribution is 0.0953. The predicted molar refractivity (Wildman–Crippen MR) is 69.4 cm³/mol. The molecule has 92 valence electrons. The molecule has 0 atom stereocenters. The van der Waals surface area contributed by atoms with Crippen LogP contribution in [0.5, 0.6) is 0 Å². The first-order valence-electron chi connectivity index (χ1n) is 5.41. The fourth-order valence-corrected chi connectivity index (χ4v) is 1.47. The van der Waals surface area contributed by atoms with Gasteiger partial charge in [0.1, 0.15) is 5.82 Å². The van der Waals surface area contributed by atoms with Crippen LogP contribution in [-0.2, 0) is 0 Å². The Morgan fingerprint density at radius 1 is 1.29 bits per heavy atom. The topological polar surface area (TPSA) is 55.1 Å². The van der Waals surface area contributed by atoms with Crippen LogP contribution in [0.15, 0.2) is 24.3 Å². The van der Waals surface area contributed by atoms with Crippen molar-refractivity contribution in [3.05, 3.63) is 35.6 Å². The fraction of sp³-hybridized carbons (Fsp3) is 0.333. The number of carbonyl (C=O) groups excluding carboxylic acids is 1. The highest BCUT2D eigenvalue weighted by Crippen LogP contribution is 2.02. The van der Waals surface area contributed by atoms with Crippen molar-refractivity contribution in [2.75, 3.05) is 6.54 Å². The number of nitrogens with two attached hydrogens (primary N) is 1. The largest absolute Gasteiger partial charge is 0.393 e. The number of benzene rings is 1. The second-order valence-corrected chi connectivity index (χ2v) is 4.21. The molecule has 0 aromatic heterocycles. The Balaban J connectivity index is 2.25. The van der Waals surface area contributed by atoms with Crippen LogP contribution in [-0.4, -0.2) is 17.4 Å². The third-order valence-corrected chi connectivity index (χ3v) is 2.45. The van der Waals surface area contributed by atoms with Gasteiger partial charge in [-0.15, -0.1) is 0 Å². The molecule has 0 radical (unpaired) electrons. The van der Waals surface area contributed by atoms with Crippen LogP contribution in [0.3, 0.4) is 0 Å². The van der Waals surface area contributed by atoms with Gasteiger partial charge in [0, 0.05) is 12.1 Å². The summed E-state index contributed by atoms with van der Waals surface area (Å²) in [6, 6.07) is 5.45. The highest BCUT2D eigenvalue weighted by Gasteiger charge is 2.04. The van der Waals surface area contributed by atoms with Crippen molar-refractivity contribution in [1.29, 1.82) is 0 Å². The van der Waals surface area contributed by atoms with Crippen LogP contribution >= 0.6 is 12.2 Å². The highest BCUT2D eigenvalue weighted by atomic mass is 32.1. The minimum Gasteiger partial charge on any atom is -0.393 e.